The summed E-state index contributed by atoms with van der Waals surface area (Å²) < 4.78 is 5.18. The second-order valence-corrected chi connectivity index (χ2v) is 7.43. The molecule has 0 aromatic carbocycles. The summed E-state index contributed by atoms with van der Waals surface area (Å²) in [6, 6.07) is 2.89. The van der Waals surface area contributed by atoms with Crippen molar-refractivity contribution >= 4 is 40.9 Å². The van der Waals surface area contributed by atoms with E-state index in [4.69, 9.17) is 10.5 Å². The van der Waals surface area contributed by atoms with Gasteiger partial charge in [-0.25, -0.2) is 4.79 Å². The van der Waals surface area contributed by atoms with Crippen molar-refractivity contribution in [3.8, 4) is 0 Å². The number of amides is 2. The minimum absolute atomic E-state index is 0.0111. The molecule has 4 N–H and O–H groups in total. The largest absolute Gasteiger partial charge is 0.477 e. The van der Waals surface area contributed by atoms with Crippen LogP contribution in [0.1, 0.15) is 4.88 Å². The number of hydrogen-bond acceptors (Lipinski definition) is 7. The van der Waals surface area contributed by atoms with Crippen LogP contribution < -0.4 is 11.1 Å². The van der Waals surface area contributed by atoms with E-state index >= 15 is 0 Å². The van der Waals surface area contributed by atoms with Gasteiger partial charge in [0.25, 0.3) is 5.91 Å². The monoisotopic (exact) mass is 369 g/mol. The highest BCUT2D eigenvalue weighted by molar-refractivity contribution is 8.00. The second kappa shape index (κ2) is 6.46. The number of carboxylic acid groups (broad SMARTS) is 1. The predicted octanol–water partition coefficient (Wildman–Crippen LogP) is -0.0821. The van der Waals surface area contributed by atoms with Gasteiger partial charge in [-0.1, -0.05) is 17.8 Å². The van der Waals surface area contributed by atoms with Crippen LogP contribution >= 0.6 is 23.1 Å². The molecule has 2 aliphatic heterocycles. The Morgan fingerprint density at radius 1 is 1.50 bits per heavy atom. The Morgan fingerprint density at radius 3 is 2.83 bits per heavy atom. The van der Waals surface area contributed by atoms with Crippen molar-refractivity contribution in [2.75, 3.05) is 7.11 Å². The quantitative estimate of drug-likeness (QED) is 0.621. The lowest BCUT2D eigenvalue weighted by molar-refractivity contribution is -0.151. The first-order valence-corrected chi connectivity index (χ1v) is 8.82. The van der Waals surface area contributed by atoms with Crippen LogP contribution in [0.15, 0.2) is 28.9 Å². The first kappa shape index (κ1) is 16.8. The smallest absolute Gasteiger partial charge is 0.354 e. The fourth-order valence-corrected chi connectivity index (χ4v) is 4.63. The number of thioether (sulfide) groups is 1. The molecule has 1 fully saturated rings. The lowest BCUT2D eigenvalue weighted by Crippen LogP contribution is -2.71. The van der Waals surface area contributed by atoms with Crippen LogP contribution in [-0.2, 0) is 25.5 Å². The van der Waals surface area contributed by atoms with Crippen LogP contribution in [0.5, 0.6) is 0 Å². The number of carboxylic acids is 1. The van der Waals surface area contributed by atoms with Crippen LogP contribution in [-0.4, -0.2) is 51.8 Å². The summed E-state index contributed by atoms with van der Waals surface area (Å²) in [5, 5.41) is 13.3. The second-order valence-electron chi connectivity index (χ2n) is 5.21. The van der Waals surface area contributed by atoms with Crippen LogP contribution in [0.2, 0.25) is 0 Å². The number of nitrogens with zero attached hydrogens (tertiary/aromatic N) is 1. The number of fused-ring (bicyclic) bond motifs is 1. The Morgan fingerprint density at radius 2 is 2.25 bits per heavy atom. The molecule has 10 heteroatoms. The van der Waals surface area contributed by atoms with E-state index in [2.05, 4.69) is 5.32 Å². The Labute approximate surface area is 145 Å². The highest BCUT2D eigenvalue weighted by atomic mass is 32.2. The van der Waals surface area contributed by atoms with Gasteiger partial charge < -0.3 is 20.9 Å². The van der Waals surface area contributed by atoms with Gasteiger partial charge >= 0.3 is 5.97 Å². The van der Waals surface area contributed by atoms with E-state index in [1.54, 1.807) is 0 Å². The molecule has 2 amide bonds. The average molecular weight is 369 g/mol. The van der Waals surface area contributed by atoms with Gasteiger partial charge in [0, 0.05) is 12.0 Å². The van der Waals surface area contributed by atoms with E-state index in [0.29, 0.717) is 0 Å². The molecule has 3 atom stereocenters. The molecular weight excluding hydrogens is 354 g/mol. The molecule has 0 radical (unpaired) electrons. The Hall–Kier alpha value is -2.04. The summed E-state index contributed by atoms with van der Waals surface area (Å²) in [5.74, 6) is -2.07. The number of nitrogens with one attached hydrogen (secondary N) is 1. The van der Waals surface area contributed by atoms with Gasteiger partial charge in [0.15, 0.2) is 5.70 Å². The van der Waals surface area contributed by atoms with Crippen LogP contribution in [0, 0.1) is 0 Å². The van der Waals surface area contributed by atoms with Crippen LogP contribution in [0.4, 0.5) is 0 Å². The number of nitrogens with two attached hydrogens (primary N) is 1. The van der Waals surface area contributed by atoms with Gasteiger partial charge in [-0.2, -0.15) is 0 Å². The Bertz CT molecular complexity index is 718. The van der Waals surface area contributed by atoms with E-state index < -0.39 is 28.7 Å². The summed E-state index contributed by atoms with van der Waals surface area (Å²) in [5.41, 5.74) is 4.83. The maximum absolute atomic E-state index is 12.3. The number of thiophene rings is 1. The van der Waals surface area contributed by atoms with Gasteiger partial charge in [0.2, 0.25) is 5.91 Å². The van der Waals surface area contributed by atoms with Crippen molar-refractivity contribution in [3.05, 3.63) is 33.8 Å². The van der Waals surface area contributed by atoms with E-state index in [1.807, 2.05) is 17.5 Å². The van der Waals surface area contributed by atoms with Gasteiger partial charge in [0.1, 0.15) is 16.9 Å². The number of rotatable bonds is 5. The Kier molecular flexibility index (Phi) is 4.52. The standard InChI is InChI=1S/C14H15N3O5S2/c1-22-14-8(15)10(13(20)21)17-11(19)9(12(17)24-14)16-7(18)5-6-3-2-4-23-6/h2-4,9,12,14H,5,15H2,1H3,(H,16,18)(H,20,21)/t9-,12-,14?/m1/s1. The molecule has 2 aliphatic rings. The number of carbonyl (C=O) groups excluding carboxylic acids is 2. The topological polar surface area (TPSA) is 122 Å². The summed E-state index contributed by atoms with van der Waals surface area (Å²) in [6.45, 7) is 0. The first-order chi connectivity index (χ1) is 11.4. The molecular formula is C14H15N3O5S2. The van der Waals surface area contributed by atoms with Crippen molar-refractivity contribution < 1.29 is 24.2 Å². The highest BCUT2D eigenvalue weighted by Gasteiger charge is 2.56. The van der Waals surface area contributed by atoms with E-state index in [0.717, 1.165) is 9.78 Å². The van der Waals surface area contributed by atoms with Crippen molar-refractivity contribution in [2.24, 2.45) is 5.73 Å². The number of methoxy groups -OCH3 is 1. The maximum atomic E-state index is 12.3. The third-order valence-electron chi connectivity index (χ3n) is 3.72. The zero-order valence-electron chi connectivity index (χ0n) is 12.6. The molecule has 3 rings (SSSR count). The molecule has 128 valence electrons. The third kappa shape index (κ3) is 2.76. The molecule has 1 aromatic rings. The first-order valence-electron chi connectivity index (χ1n) is 7.00. The fourth-order valence-electron chi connectivity index (χ4n) is 2.63. The predicted molar refractivity (Wildman–Crippen MR) is 87.8 cm³/mol. The van der Waals surface area contributed by atoms with Gasteiger partial charge in [-0.15, -0.1) is 11.3 Å². The number of ether oxygens (including phenoxy) is 1. The molecule has 0 aliphatic carbocycles. The van der Waals surface area contributed by atoms with Gasteiger partial charge in [-0.05, 0) is 11.4 Å². The SMILES string of the molecule is COC1S[C@@H]2[C@H](NC(=O)Cc3cccs3)C(=O)N2C(C(=O)O)=C1N. The van der Waals surface area contributed by atoms with Crippen molar-refractivity contribution in [1.82, 2.24) is 10.2 Å². The highest BCUT2D eigenvalue weighted by Crippen LogP contribution is 2.42. The number of carbonyl (C=O) groups is 3. The molecule has 0 saturated carbocycles. The number of β-lactam (4-membered cyclic amide) rings is 1. The Balaban J connectivity index is 1.74. The van der Waals surface area contributed by atoms with Crippen molar-refractivity contribution in [2.45, 2.75) is 23.3 Å². The summed E-state index contributed by atoms with van der Waals surface area (Å²) in [6.07, 6.45) is 0.177. The average Bonchev–Trinajstić information content (AvgIpc) is 3.04. The maximum Gasteiger partial charge on any atom is 0.354 e. The molecule has 8 nitrogen and oxygen atoms in total. The van der Waals surface area contributed by atoms with E-state index in [1.165, 1.54) is 30.2 Å². The molecule has 1 unspecified atom stereocenters. The van der Waals surface area contributed by atoms with Crippen molar-refractivity contribution in [3.63, 3.8) is 0 Å². The zero-order valence-corrected chi connectivity index (χ0v) is 14.2. The van der Waals surface area contributed by atoms with Crippen LogP contribution in [0.25, 0.3) is 0 Å². The molecule has 24 heavy (non-hydrogen) atoms. The number of aliphatic carboxylic acids is 1. The van der Waals surface area contributed by atoms with Crippen LogP contribution in [0.3, 0.4) is 0 Å². The van der Waals surface area contributed by atoms with Gasteiger partial charge in [0.05, 0.1) is 12.1 Å². The summed E-state index contributed by atoms with van der Waals surface area (Å²) in [7, 11) is 1.41. The minimum atomic E-state index is -1.29. The van der Waals surface area contributed by atoms with Gasteiger partial charge in [-0.3, -0.25) is 14.5 Å². The number of hydrogen-bond donors (Lipinski definition) is 3. The van der Waals surface area contributed by atoms with Crippen molar-refractivity contribution in [1.29, 1.82) is 0 Å². The lowest BCUT2D eigenvalue weighted by Gasteiger charge is -2.50. The summed E-state index contributed by atoms with van der Waals surface area (Å²) in [4.78, 5) is 37.8. The summed E-state index contributed by atoms with van der Waals surface area (Å²) >= 11 is 2.65. The normalized spacial score (nSPS) is 26.0. The third-order valence-corrected chi connectivity index (χ3v) is 6.05. The minimum Gasteiger partial charge on any atom is -0.477 e. The molecule has 1 saturated heterocycles. The molecule has 3 heterocycles. The zero-order chi connectivity index (χ0) is 17.4. The van der Waals surface area contributed by atoms with E-state index in [9.17, 15) is 19.5 Å². The fraction of sp³-hybridized carbons (Fsp3) is 0.357. The molecule has 1 aromatic heterocycles. The molecule has 0 bridgehead atoms. The lowest BCUT2D eigenvalue weighted by atomic mass is 10.0. The molecule has 0 spiro atoms. The van der Waals surface area contributed by atoms with E-state index in [-0.39, 0.29) is 23.7 Å².